The van der Waals surface area contributed by atoms with Crippen LogP contribution in [0.15, 0.2) is 4.52 Å². The first-order chi connectivity index (χ1) is 8.92. The Balaban J connectivity index is 1.58. The summed E-state index contributed by atoms with van der Waals surface area (Å²) in [6.45, 7) is 3.87. The van der Waals surface area contributed by atoms with Gasteiger partial charge in [-0.2, -0.15) is 4.98 Å². The van der Waals surface area contributed by atoms with E-state index < -0.39 is 0 Å². The molecule has 5 heteroatoms. The van der Waals surface area contributed by atoms with Gasteiger partial charge >= 0.3 is 0 Å². The molecule has 100 valence electrons. The second-order valence-corrected chi connectivity index (χ2v) is 5.35. The molecule has 2 aliphatic rings. The molecular formula is C13H21N3O2. The maximum absolute atomic E-state index is 5.39. The van der Waals surface area contributed by atoms with Gasteiger partial charge in [0, 0.05) is 25.6 Å². The molecule has 0 spiro atoms. The number of nitrogens with zero attached hydrogens (tertiary/aromatic N) is 2. The molecule has 3 heterocycles. The van der Waals surface area contributed by atoms with E-state index >= 15 is 0 Å². The quantitative estimate of drug-likeness (QED) is 0.882. The van der Waals surface area contributed by atoms with E-state index in [9.17, 15) is 0 Å². The van der Waals surface area contributed by atoms with Crippen LogP contribution < -0.4 is 5.32 Å². The van der Waals surface area contributed by atoms with Crippen molar-refractivity contribution in [3.8, 4) is 0 Å². The Kier molecular flexibility index (Phi) is 3.90. The molecule has 0 aliphatic carbocycles. The highest BCUT2D eigenvalue weighted by Crippen LogP contribution is 2.25. The molecule has 0 saturated carbocycles. The summed E-state index contributed by atoms with van der Waals surface area (Å²) in [4.78, 5) is 4.57. The van der Waals surface area contributed by atoms with Crippen molar-refractivity contribution in [2.45, 2.75) is 38.0 Å². The maximum Gasteiger partial charge on any atom is 0.226 e. The van der Waals surface area contributed by atoms with Crippen molar-refractivity contribution >= 4 is 0 Å². The summed E-state index contributed by atoms with van der Waals surface area (Å²) in [5.41, 5.74) is 0. The highest BCUT2D eigenvalue weighted by Gasteiger charge is 2.23. The first-order valence-electron chi connectivity index (χ1n) is 7.03. The summed E-state index contributed by atoms with van der Waals surface area (Å²) in [6, 6.07) is 0. The maximum atomic E-state index is 5.39. The molecule has 0 bridgehead atoms. The van der Waals surface area contributed by atoms with Gasteiger partial charge in [-0.1, -0.05) is 5.16 Å². The molecule has 2 aliphatic heterocycles. The minimum atomic E-state index is 0.431. The number of aromatic nitrogens is 2. The lowest BCUT2D eigenvalue weighted by atomic mass is 9.96. The Bertz CT molecular complexity index is 368. The lowest BCUT2D eigenvalue weighted by Gasteiger charge is -2.21. The van der Waals surface area contributed by atoms with Crippen LogP contribution in [0.3, 0.4) is 0 Å². The van der Waals surface area contributed by atoms with Crippen LogP contribution in [0.1, 0.15) is 43.3 Å². The van der Waals surface area contributed by atoms with Gasteiger partial charge in [-0.25, -0.2) is 0 Å². The zero-order chi connectivity index (χ0) is 12.2. The third-order valence-electron chi connectivity index (χ3n) is 3.93. The second kappa shape index (κ2) is 5.80. The average Bonchev–Trinajstić information content (AvgIpc) is 2.89. The van der Waals surface area contributed by atoms with Crippen molar-refractivity contribution in [1.82, 2.24) is 15.5 Å². The zero-order valence-electron chi connectivity index (χ0n) is 10.7. The van der Waals surface area contributed by atoms with Crippen molar-refractivity contribution in [2.24, 2.45) is 5.92 Å². The van der Waals surface area contributed by atoms with Gasteiger partial charge in [0.2, 0.25) is 5.89 Å². The molecule has 0 amide bonds. The summed E-state index contributed by atoms with van der Waals surface area (Å²) in [5, 5.41) is 7.56. The van der Waals surface area contributed by atoms with E-state index in [1.165, 1.54) is 12.8 Å². The highest BCUT2D eigenvalue weighted by molar-refractivity contribution is 4.97. The number of hydrogen-bond donors (Lipinski definition) is 1. The van der Waals surface area contributed by atoms with Crippen LogP contribution in [-0.2, 0) is 11.2 Å². The summed E-state index contributed by atoms with van der Waals surface area (Å²) in [6.07, 6.45) is 5.48. The molecular weight excluding hydrogens is 230 g/mol. The topological polar surface area (TPSA) is 60.2 Å². The molecule has 1 atom stereocenters. The number of rotatable bonds is 3. The number of piperidine rings is 1. The molecule has 1 aromatic heterocycles. The van der Waals surface area contributed by atoms with E-state index in [1.54, 1.807) is 0 Å². The lowest BCUT2D eigenvalue weighted by Crippen LogP contribution is -2.30. The summed E-state index contributed by atoms with van der Waals surface area (Å²) >= 11 is 0. The standard InChI is InChI=1S/C13H21N3O2/c1-2-10(9-14-5-1)8-12-15-13(16-18-12)11-3-6-17-7-4-11/h10-11,14H,1-9H2. The fraction of sp³-hybridized carbons (Fsp3) is 0.846. The minimum Gasteiger partial charge on any atom is -0.381 e. The molecule has 5 nitrogen and oxygen atoms in total. The van der Waals surface area contributed by atoms with E-state index in [-0.39, 0.29) is 0 Å². The Morgan fingerprint density at radius 3 is 2.89 bits per heavy atom. The molecule has 0 radical (unpaired) electrons. The Labute approximate surface area is 107 Å². The van der Waals surface area contributed by atoms with Gasteiger partial charge < -0.3 is 14.6 Å². The zero-order valence-corrected chi connectivity index (χ0v) is 10.7. The van der Waals surface area contributed by atoms with E-state index in [4.69, 9.17) is 9.26 Å². The van der Waals surface area contributed by atoms with Gasteiger partial charge in [-0.05, 0) is 44.7 Å². The number of hydrogen-bond acceptors (Lipinski definition) is 5. The van der Waals surface area contributed by atoms with Crippen molar-refractivity contribution in [2.75, 3.05) is 26.3 Å². The van der Waals surface area contributed by atoms with Crippen molar-refractivity contribution in [1.29, 1.82) is 0 Å². The number of ether oxygens (including phenoxy) is 1. The molecule has 0 aromatic carbocycles. The van der Waals surface area contributed by atoms with Crippen LogP contribution >= 0.6 is 0 Å². The van der Waals surface area contributed by atoms with Gasteiger partial charge in [-0.3, -0.25) is 0 Å². The van der Waals surface area contributed by atoms with E-state index in [1.807, 2.05) is 0 Å². The first-order valence-corrected chi connectivity index (χ1v) is 7.03. The van der Waals surface area contributed by atoms with Gasteiger partial charge in [0.25, 0.3) is 0 Å². The van der Waals surface area contributed by atoms with Gasteiger partial charge in [0.1, 0.15) is 0 Å². The first kappa shape index (κ1) is 12.1. The van der Waals surface area contributed by atoms with Crippen LogP contribution in [0.25, 0.3) is 0 Å². The molecule has 18 heavy (non-hydrogen) atoms. The van der Waals surface area contributed by atoms with Crippen molar-refractivity contribution in [3.63, 3.8) is 0 Å². The minimum absolute atomic E-state index is 0.431. The van der Waals surface area contributed by atoms with Crippen molar-refractivity contribution < 1.29 is 9.26 Å². The lowest BCUT2D eigenvalue weighted by molar-refractivity contribution is 0.0830. The number of nitrogens with one attached hydrogen (secondary N) is 1. The summed E-state index contributed by atoms with van der Waals surface area (Å²) in [5.74, 6) is 2.78. The monoisotopic (exact) mass is 251 g/mol. The normalized spacial score (nSPS) is 26.3. The molecule has 3 rings (SSSR count). The van der Waals surface area contributed by atoms with Crippen molar-refractivity contribution in [3.05, 3.63) is 11.7 Å². The fourth-order valence-corrected chi connectivity index (χ4v) is 2.82. The van der Waals surface area contributed by atoms with Crippen LogP contribution in [0.5, 0.6) is 0 Å². The third-order valence-corrected chi connectivity index (χ3v) is 3.93. The summed E-state index contributed by atoms with van der Waals surface area (Å²) in [7, 11) is 0. The van der Waals surface area contributed by atoms with Gasteiger partial charge in [0.15, 0.2) is 5.82 Å². The highest BCUT2D eigenvalue weighted by atomic mass is 16.5. The van der Waals surface area contributed by atoms with Crippen LogP contribution in [0.4, 0.5) is 0 Å². The van der Waals surface area contributed by atoms with Crippen LogP contribution in [0, 0.1) is 5.92 Å². The molecule has 1 aromatic rings. The molecule has 1 N–H and O–H groups in total. The van der Waals surface area contributed by atoms with Gasteiger partial charge in [0.05, 0.1) is 0 Å². The van der Waals surface area contributed by atoms with Gasteiger partial charge in [-0.15, -0.1) is 0 Å². The fourth-order valence-electron chi connectivity index (χ4n) is 2.82. The van der Waals surface area contributed by atoms with Crippen LogP contribution in [-0.4, -0.2) is 36.4 Å². The molecule has 2 fully saturated rings. The predicted octanol–water partition coefficient (Wildman–Crippen LogP) is 1.51. The smallest absolute Gasteiger partial charge is 0.226 e. The van der Waals surface area contributed by atoms with E-state index in [0.717, 1.165) is 57.3 Å². The van der Waals surface area contributed by atoms with Crippen LogP contribution in [0.2, 0.25) is 0 Å². The predicted molar refractivity (Wildman–Crippen MR) is 66.4 cm³/mol. The second-order valence-electron chi connectivity index (χ2n) is 5.35. The molecule has 1 unspecified atom stereocenters. The van der Waals surface area contributed by atoms with E-state index in [0.29, 0.717) is 11.8 Å². The SMILES string of the molecule is C1CNCC(Cc2nc(C3CCOCC3)no2)C1. The van der Waals surface area contributed by atoms with E-state index in [2.05, 4.69) is 15.5 Å². The summed E-state index contributed by atoms with van der Waals surface area (Å²) < 4.78 is 10.7. The Morgan fingerprint density at radius 1 is 1.22 bits per heavy atom. The Morgan fingerprint density at radius 2 is 2.11 bits per heavy atom. The molecule has 2 saturated heterocycles. The average molecular weight is 251 g/mol. The Hall–Kier alpha value is -0.940. The largest absolute Gasteiger partial charge is 0.381 e. The third kappa shape index (κ3) is 2.90.